The fraction of sp³-hybridized carbons (Fsp3) is 0.929. The number of unbranched alkanes of at least 4 members (excludes halogenated alkanes) is 8. The van der Waals surface area contributed by atoms with Crippen LogP contribution in [0.4, 0.5) is 0 Å². The summed E-state index contributed by atoms with van der Waals surface area (Å²) in [5, 5.41) is 3.30. The molecule has 0 unspecified atom stereocenters. The number of carbonyl (C=O) groups excluding carboxylic acids is 1. The normalized spacial score (nSPS) is 9.95. The first kappa shape index (κ1) is 17.8. The van der Waals surface area contributed by atoms with Crippen LogP contribution in [0.25, 0.3) is 10.4 Å². The van der Waals surface area contributed by atoms with Gasteiger partial charge in [-0.2, -0.15) is 0 Å². The maximum absolute atomic E-state index is 11.3. The van der Waals surface area contributed by atoms with E-state index in [1.54, 1.807) is 0 Å². The van der Waals surface area contributed by atoms with Crippen LogP contribution >= 0.6 is 0 Å². The van der Waals surface area contributed by atoms with Gasteiger partial charge >= 0.3 is 5.97 Å². The lowest BCUT2D eigenvalue weighted by Crippen LogP contribution is -2.07. The van der Waals surface area contributed by atoms with Gasteiger partial charge in [-0.3, -0.25) is 4.79 Å². The number of azide groups is 1. The van der Waals surface area contributed by atoms with Crippen LogP contribution in [0.1, 0.15) is 71.1 Å². The lowest BCUT2D eigenvalue weighted by Gasteiger charge is -2.03. The first-order valence-electron chi connectivity index (χ1n) is 7.47. The molecule has 0 aliphatic carbocycles. The maximum atomic E-state index is 11.3. The van der Waals surface area contributed by atoms with Crippen LogP contribution in [0.3, 0.4) is 0 Å². The SMILES string of the molecule is CCCCCCCCCCCC(=O)OCCN=[N+]=[N-]. The molecule has 19 heavy (non-hydrogen) atoms. The van der Waals surface area contributed by atoms with Gasteiger partial charge in [0.1, 0.15) is 0 Å². The Morgan fingerprint density at radius 3 is 2.21 bits per heavy atom. The van der Waals surface area contributed by atoms with Crippen LogP contribution in [-0.2, 0) is 9.53 Å². The average molecular weight is 269 g/mol. The monoisotopic (exact) mass is 269 g/mol. The minimum absolute atomic E-state index is 0.184. The Kier molecular flexibility index (Phi) is 13.9. The van der Waals surface area contributed by atoms with Gasteiger partial charge in [-0.05, 0) is 12.0 Å². The third-order valence-electron chi connectivity index (χ3n) is 3.00. The molecule has 0 bridgehead atoms. The highest BCUT2D eigenvalue weighted by atomic mass is 16.5. The van der Waals surface area contributed by atoms with Crippen molar-refractivity contribution in [2.45, 2.75) is 71.1 Å². The Hall–Kier alpha value is -1.22. The van der Waals surface area contributed by atoms with E-state index >= 15 is 0 Å². The highest BCUT2D eigenvalue weighted by molar-refractivity contribution is 5.69. The molecule has 0 aliphatic rings. The number of rotatable bonds is 13. The first-order valence-corrected chi connectivity index (χ1v) is 7.47. The van der Waals surface area contributed by atoms with E-state index in [0.29, 0.717) is 6.42 Å². The minimum Gasteiger partial charge on any atom is -0.466 e. The molecule has 0 spiro atoms. The van der Waals surface area contributed by atoms with Gasteiger partial charge in [0.25, 0.3) is 0 Å². The summed E-state index contributed by atoms with van der Waals surface area (Å²) in [6, 6.07) is 0. The van der Waals surface area contributed by atoms with Gasteiger partial charge in [0, 0.05) is 11.3 Å². The summed E-state index contributed by atoms with van der Waals surface area (Å²) in [6.07, 6.45) is 11.6. The molecule has 5 nitrogen and oxygen atoms in total. The molecule has 0 rings (SSSR count). The maximum Gasteiger partial charge on any atom is 0.305 e. The predicted octanol–water partition coefficient (Wildman–Crippen LogP) is 4.76. The molecule has 0 heterocycles. The van der Waals surface area contributed by atoms with E-state index in [1.165, 1.54) is 44.9 Å². The third-order valence-corrected chi connectivity index (χ3v) is 3.00. The van der Waals surface area contributed by atoms with Crippen LogP contribution in [-0.4, -0.2) is 19.1 Å². The van der Waals surface area contributed by atoms with E-state index in [0.717, 1.165) is 12.8 Å². The Balaban J connectivity index is 3.16. The second-order valence-electron chi connectivity index (χ2n) is 4.75. The van der Waals surface area contributed by atoms with Crippen LogP contribution in [0.2, 0.25) is 0 Å². The number of hydrogen-bond donors (Lipinski definition) is 0. The Labute approximate surface area is 116 Å². The van der Waals surface area contributed by atoms with E-state index in [2.05, 4.69) is 16.9 Å². The molecule has 0 amide bonds. The van der Waals surface area contributed by atoms with Crippen molar-refractivity contribution in [3.05, 3.63) is 10.4 Å². The van der Waals surface area contributed by atoms with Crippen LogP contribution < -0.4 is 0 Å². The zero-order chi connectivity index (χ0) is 14.2. The van der Waals surface area contributed by atoms with Crippen LogP contribution in [0.5, 0.6) is 0 Å². The topological polar surface area (TPSA) is 75.1 Å². The van der Waals surface area contributed by atoms with Gasteiger partial charge in [0.05, 0.1) is 13.2 Å². The number of carbonyl (C=O) groups is 1. The van der Waals surface area contributed by atoms with Crippen molar-refractivity contribution in [3.8, 4) is 0 Å². The molecule has 110 valence electrons. The van der Waals surface area contributed by atoms with Gasteiger partial charge in [-0.1, -0.05) is 63.4 Å². The molecule has 0 aromatic rings. The summed E-state index contributed by atoms with van der Waals surface area (Å²) in [5.41, 5.74) is 8.04. The van der Waals surface area contributed by atoms with Gasteiger partial charge in [0.15, 0.2) is 0 Å². The summed E-state index contributed by atoms with van der Waals surface area (Å²) < 4.78 is 4.91. The van der Waals surface area contributed by atoms with E-state index < -0.39 is 0 Å². The van der Waals surface area contributed by atoms with Gasteiger partial charge in [-0.15, -0.1) is 0 Å². The van der Waals surface area contributed by atoms with E-state index in [9.17, 15) is 4.79 Å². The Morgan fingerprint density at radius 2 is 1.63 bits per heavy atom. The molecule has 0 atom stereocenters. The quantitative estimate of drug-likeness (QED) is 0.159. The molecule has 0 aromatic carbocycles. The fourth-order valence-electron chi connectivity index (χ4n) is 1.90. The molecule has 0 fully saturated rings. The molecule has 0 N–H and O–H groups in total. The summed E-state index contributed by atoms with van der Waals surface area (Å²) in [5.74, 6) is -0.184. The number of nitrogens with zero attached hydrogens (tertiary/aromatic N) is 3. The van der Waals surface area contributed by atoms with Crippen molar-refractivity contribution in [2.75, 3.05) is 13.2 Å². The second kappa shape index (κ2) is 14.8. The summed E-state index contributed by atoms with van der Waals surface area (Å²) in [6.45, 7) is 2.64. The Bertz CT molecular complexity index is 263. The van der Waals surface area contributed by atoms with Gasteiger partial charge in [-0.25, -0.2) is 0 Å². The molecule has 0 aromatic heterocycles. The van der Waals surface area contributed by atoms with Crippen LogP contribution in [0, 0.1) is 0 Å². The van der Waals surface area contributed by atoms with Crippen molar-refractivity contribution in [1.82, 2.24) is 0 Å². The van der Waals surface area contributed by atoms with Crippen molar-refractivity contribution in [1.29, 1.82) is 0 Å². The summed E-state index contributed by atoms with van der Waals surface area (Å²) in [4.78, 5) is 13.8. The van der Waals surface area contributed by atoms with Crippen LogP contribution in [0.15, 0.2) is 5.11 Å². The number of hydrogen-bond acceptors (Lipinski definition) is 3. The summed E-state index contributed by atoms with van der Waals surface area (Å²) >= 11 is 0. The lowest BCUT2D eigenvalue weighted by atomic mass is 10.1. The van der Waals surface area contributed by atoms with Crippen molar-refractivity contribution in [2.24, 2.45) is 5.11 Å². The fourth-order valence-corrected chi connectivity index (χ4v) is 1.90. The average Bonchev–Trinajstić information content (AvgIpc) is 2.42. The highest BCUT2D eigenvalue weighted by Crippen LogP contribution is 2.10. The predicted molar refractivity (Wildman–Crippen MR) is 76.8 cm³/mol. The minimum atomic E-state index is -0.184. The molecule has 0 radical (unpaired) electrons. The third kappa shape index (κ3) is 14.7. The molecular formula is C14H27N3O2. The summed E-state index contributed by atoms with van der Waals surface area (Å²) in [7, 11) is 0. The number of esters is 1. The molecular weight excluding hydrogens is 242 g/mol. The number of ether oxygens (including phenoxy) is 1. The second-order valence-corrected chi connectivity index (χ2v) is 4.75. The Morgan fingerprint density at radius 1 is 1.05 bits per heavy atom. The van der Waals surface area contributed by atoms with E-state index in [1.807, 2.05) is 0 Å². The zero-order valence-electron chi connectivity index (χ0n) is 12.1. The molecule has 0 saturated heterocycles. The van der Waals surface area contributed by atoms with Gasteiger partial charge < -0.3 is 4.74 Å². The first-order chi connectivity index (χ1) is 9.31. The lowest BCUT2D eigenvalue weighted by molar-refractivity contribution is -0.143. The van der Waals surface area contributed by atoms with Crippen molar-refractivity contribution >= 4 is 5.97 Å². The zero-order valence-corrected chi connectivity index (χ0v) is 12.1. The van der Waals surface area contributed by atoms with Gasteiger partial charge in [0.2, 0.25) is 0 Å². The molecule has 5 heteroatoms. The molecule has 0 saturated carbocycles. The van der Waals surface area contributed by atoms with Crippen molar-refractivity contribution < 1.29 is 9.53 Å². The smallest absolute Gasteiger partial charge is 0.305 e. The standard InChI is InChI=1S/C14H27N3O2/c1-2-3-4-5-6-7-8-9-10-11-14(18)19-13-12-16-17-15/h2-13H2,1H3. The van der Waals surface area contributed by atoms with E-state index in [-0.39, 0.29) is 19.1 Å². The molecule has 0 aliphatic heterocycles. The van der Waals surface area contributed by atoms with E-state index in [4.69, 9.17) is 10.3 Å². The largest absolute Gasteiger partial charge is 0.466 e. The highest BCUT2D eigenvalue weighted by Gasteiger charge is 2.01. The van der Waals surface area contributed by atoms with Crippen molar-refractivity contribution in [3.63, 3.8) is 0 Å².